The molecule has 2 amide bonds. The molecule has 1 unspecified atom stereocenters. The highest BCUT2D eigenvalue weighted by Crippen LogP contribution is 2.43. The summed E-state index contributed by atoms with van der Waals surface area (Å²) in [6.07, 6.45) is 9.61. The van der Waals surface area contributed by atoms with Crippen LogP contribution in [0.2, 0.25) is 0 Å². The van der Waals surface area contributed by atoms with Crippen molar-refractivity contribution >= 4 is 23.1 Å². The van der Waals surface area contributed by atoms with E-state index in [9.17, 15) is 9.59 Å². The Morgan fingerprint density at radius 1 is 1.32 bits per heavy atom. The molecule has 2 aliphatic rings. The van der Waals surface area contributed by atoms with E-state index < -0.39 is 5.91 Å². The number of rotatable bonds is 7. The molecule has 0 spiro atoms. The number of amides is 2. The van der Waals surface area contributed by atoms with Gasteiger partial charge in [0.1, 0.15) is 22.5 Å². The summed E-state index contributed by atoms with van der Waals surface area (Å²) in [6.45, 7) is 4.95. The first-order valence-corrected chi connectivity index (χ1v) is 12.5. The van der Waals surface area contributed by atoms with Crippen molar-refractivity contribution in [2.24, 2.45) is 5.73 Å². The highest BCUT2D eigenvalue weighted by atomic mass is 16.5. The van der Waals surface area contributed by atoms with Gasteiger partial charge in [-0.3, -0.25) is 14.7 Å². The quantitative estimate of drug-likeness (QED) is 0.321. The predicted octanol–water partition coefficient (Wildman–Crippen LogP) is 2.29. The standard InChI is InChI=1S/C18H18N6O2.C9H15NO2/c1-20-18-15(17(19)25)13(22-23-18)6-3-10-7-14(26-2)16-12(11-4-5-11)8-21-24(16)9-10;1-3-9(11)10-6-4-5-8(10)7-12-2/h7-9,11H,4-5H2,1-2H3,(H2,19,25)(H2,20,22,23);3,8H,1,4-7H2,2H3. The number of ether oxygens (including phenoxy) is 2. The zero-order valence-corrected chi connectivity index (χ0v) is 21.9. The predicted molar refractivity (Wildman–Crippen MR) is 143 cm³/mol. The van der Waals surface area contributed by atoms with Crippen LogP contribution in [0.3, 0.4) is 0 Å². The highest BCUT2D eigenvalue weighted by Gasteiger charge is 2.28. The molecule has 3 aromatic heterocycles. The Kier molecular flexibility index (Phi) is 8.33. The number of carbonyl (C=O) groups is 2. The minimum Gasteiger partial charge on any atom is -0.494 e. The molecule has 38 heavy (non-hydrogen) atoms. The van der Waals surface area contributed by atoms with Crippen LogP contribution in [0.1, 0.15) is 58.8 Å². The average Bonchev–Trinajstić information content (AvgIpc) is 3.31. The second-order valence-electron chi connectivity index (χ2n) is 9.14. The number of carbonyl (C=O) groups excluding carboxylic acids is 2. The molecule has 2 fully saturated rings. The molecule has 0 aromatic carbocycles. The van der Waals surface area contributed by atoms with Gasteiger partial charge in [0.15, 0.2) is 5.82 Å². The van der Waals surface area contributed by atoms with E-state index in [1.54, 1.807) is 25.8 Å². The SMILES string of the molecule is C=CC(=O)N1CCCC1COC.CNc1n[nH]c(C#Cc2cc(OC)c3c(C4CC4)cnn3c2)c1C(N)=O. The summed E-state index contributed by atoms with van der Waals surface area (Å²) < 4.78 is 12.4. The zero-order chi connectivity index (χ0) is 27.2. The van der Waals surface area contributed by atoms with Gasteiger partial charge in [-0.05, 0) is 49.7 Å². The van der Waals surface area contributed by atoms with Gasteiger partial charge in [0.05, 0.1) is 26.0 Å². The molecule has 4 N–H and O–H groups in total. The summed E-state index contributed by atoms with van der Waals surface area (Å²) in [5.41, 5.74) is 8.92. The number of H-pyrrole nitrogens is 1. The Morgan fingerprint density at radius 2 is 2.11 bits per heavy atom. The molecule has 1 atom stereocenters. The van der Waals surface area contributed by atoms with Gasteiger partial charge in [0, 0.05) is 38.0 Å². The molecule has 5 rings (SSSR count). The maximum Gasteiger partial charge on any atom is 0.255 e. The fourth-order valence-electron chi connectivity index (χ4n) is 4.62. The minimum atomic E-state index is -0.596. The van der Waals surface area contributed by atoms with Crippen molar-refractivity contribution < 1.29 is 19.1 Å². The second-order valence-corrected chi connectivity index (χ2v) is 9.14. The number of nitrogens with one attached hydrogen (secondary N) is 2. The molecule has 1 aliphatic carbocycles. The maximum atomic E-state index is 11.6. The van der Waals surface area contributed by atoms with Crippen LogP contribution in [0.15, 0.2) is 31.1 Å². The summed E-state index contributed by atoms with van der Waals surface area (Å²) in [4.78, 5) is 24.7. The Bertz CT molecular complexity index is 1390. The molecule has 1 saturated carbocycles. The normalized spacial score (nSPS) is 16.3. The Labute approximate surface area is 221 Å². The maximum absolute atomic E-state index is 11.6. The van der Waals surface area contributed by atoms with Gasteiger partial charge in [-0.2, -0.15) is 10.2 Å². The van der Waals surface area contributed by atoms with Crippen molar-refractivity contribution in [1.29, 1.82) is 0 Å². The average molecular weight is 520 g/mol. The molecular formula is C27H33N7O4. The Balaban J connectivity index is 0.000000236. The number of aromatic nitrogens is 4. The van der Waals surface area contributed by atoms with Gasteiger partial charge in [-0.1, -0.05) is 12.5 Å². The number of fused-ring (bicyclic) bond motifs is 1. The van der Waals surface area contributed by atoms with Crippen molar-refractivity contribution in [3.05, 3.63) is 53.5 Å². The number of pyridine rings is 1. The number of primary amides is 1. The molecule has 4 heterocycles. The lowest BCUT2D eigenvalue weighted by atomic mass is 10.1. The van der Waals surface area contributed by atoms with Crippen molar-refractivity contribution in [3.8, 4) is 17.6 Å². The molecule has 1 saturated heterocycles. The highest BCUT2D eigenvalue weighted by molar-refractivity contribution is 5.99. The zero-order valence-electron chi connectivity index (χ0n) is 21.9. The minimum absolute atomic E-state index is 0.0227. The Hall–Kier alpha value is -4.30. The van der Waals surface area contributed by atoms with Crippen LogP contribution in [0.25, 0.3) is 5.52 Å². The van der Waals surface area contributed by atoms with Crippen molar-refractivity contribution in [2.45, 2.75) is 37.6 Å². The van der Waals surface area contributed by atoms with E-state index >= 15 is 0 Å². The number of anilines is 1. The van der Waals surface area contributed by atoms with Crippen molar-refractivity contribution in [3.63, 3.8) is 0 Å². The first-order chi connectivity index (χ1) is 18.4. The molecule has 0 radical (unpaired) electrons. The number of hydrogen-bond donors (Lipinski definition) is 3. The van der Waals surface area contributed by atoms with Crippen LogP contribution in [0.4, 0.5) is 5.82 Å². The third-order valence-electron chi connectivity index (χ3n) is 6.62. The van der Waals surface area contributed by atoms with E-state index in [-0.39, 0.29) is 17.5 Å². The first-order valence-electron chi connectivity index (χ1n) is 12.5. The van der Waals surface area contributed by atoms with Crippen LogP contribution in [0, 0.1) is 11.8 Å². The number of methoxy groups -OCH3 is 2. The molecule has 11 heteroatoms. The van der Waals surface area contributed by atoms with Crippen LogP contribution >= 0.6 is 0 Å². The van der Waals surface area contributed by atoms with Crippen LogP contribution in [-0.2, 0) is 9.53 Å². The topological polar surface area (TPSA) is 140 Å². The summed E-state index contributed by atoms with van der Waals surface area (Å²) in [7, 11) is 4.96. The molecule has 1 aliphatic heterocycles. The van der Waals surface area contributed by atoms with E-state index in [4.69, 9.17) is 15.2 Å². The number of aromatic amines is 1. The van der Waals surface area contributed by atoms with E-state index in [0.717, 1.165) is 30.7 Å². The van der Waals surface area contributed by atoms with Gasteiger partial charge in [0.2, 0.25) is 5.91 Å². The molecule has 0 bridgehead atoms. The number of hydrogen-bond acceptors (Lipinski definition) is 7. The molecule has 200 valence electrons. The van der Waals surface area contributed by atoms with Gasteiger partial charge in [-0.25, -0.2) is 4.52 Å². The van der Waals surface area contributed by atoms with Crippen LogP contribution in [0.5, 0.6) is 5.75 Å². The number of nitrogens with zero attached hydrogens (tertiary/aromatic N) is 4. The lowest BCUT2D eigenvalue weighted by Gasteiger charge is -2.22. The molecule has 11 nitrogen and oxygen atoms in total. The Morgan fingerprint density at radius 3 is 2.74 bits per heavy atom. The molecule has 3 aromatic rings. The summed E-state index contributed by atoms with van der Waals surface area (Å²) in [5, 5.41) is 14.0. The monoisotopic (exact) mass is 519 g/mol. The molecular weight excluding hydrogens is 486 g/mol. The van der Waals surface area contributed by atoms with Gasteiger partial charge in [-0.15, -0.1) is 0 Å². The second kappa shape index (κ2) is 11.8. The van der Waals surface area contributed by atoms with Gasteiger partial charge < -0.3 is 25.4 Å². The largest absolute Gasteiger partial charge is 0.494 e. The van der Waals surface area contributed by atoms with Gasteiger partial charge in [0.25, 0.3) is 5.91 Å². The first kappa shape index (κ1) is 26.8. The van der Waals surface area contributed by atoms with E-state index in [1.807, 2.05) is 23.4 Å². The van der Waals surface area contributed by atoms with E-state index in [1.165, 1.54) is 24.5 Å². The van der Waals surface area contributed by atoms with E-state index in [0.29, 0.717) is 29.6 Å². The summed E-state index contributed by atoms with van der Waals surface area (Å²) in [6, 6.07) is 2.13. The van der Waals surface area contributed by atoms with Crippen LogP contribution in [-0.4, -0.2) is 77.0 Å². The fourth-order valence-corrected chi connectivity index (χ4v) is 4.62. The lowest BCUT2D eigenvalue weighted by Crippen LogP contribution is -2.36. The van der Waals surface area contributed by atoms with E-state index in [2.05, 4.69) is 39.0 Å². The lowest BCUT2D eigenvalue weighted by molar-refractivity contribution is -0.127. The third-order valence-corrected chi connectivity index (χ3v) is 6.62. The van der Waals surface area contributed by atoms with Crippen molar-refractivity contribution in [1.82, 2.24) is 24.7 Å². The summed E-state index contributed by atoms with van der Waals surface area (Å²) >= 11 is 0. The summed E-state index contributed by atoms with van der Waals surface area (Å²) in [5.74, 6) is 7.03. The smallest absolute Gasteiger partial charge is 0.255 e. The number of nitrogens with two attached hydrogens (primary N) is 1. The fraction of sp³-hybridized carbons (Fsp3) is 0.407. The van der Waals surface area contributed by atoms with Gasteiger partial charge >= 0.3 is 0 Å². The van der Waals surface area contributed by atoms with Crippen molar-refractivity contribution in [2.75, 3.05) is 39.7 Å². The van der Waals surface area contributed by atoms with Crippen LogP contribution < -0.4 is 15.8 Å². The third kappa shape index (κ3) is 5.65. The number of likely N-dealkylation sites (tertiary alicyclic amines) is 1.